The summed E-state index contributed by atoms with van der Waals surface area (Å²) in [6.07, 6.45) is 5.50. The Morgan fingerprint density at radius 3 is 2.71 bits per heavy atom. The third-order valence-electron chi connectivity index (χ3n) is 8.52. The molecule has 7 heteroatoms. The fraction of sp³-hybridized carbons (Fsp3) is 0.464. The van der Waals surface area contributed by atoms with Crippen LogP contribution in [0.15, 0.2) is 54.9 Å². The van der Waals surface area contributed by atoms with Crippen LogP contribution in [0, 0.1) is 16.7 Å². The number of hydrogen-bond donors (Lipinski definition) is 3. The molecule has 3 aromatic rings. The molecule has 2 aromatic heterocycles. The van der Waals surface area contributed by atoms with Gasteiger partial charge in [0, 0.05) is 47.1 Å². The SMILES string of the molecule is C[C@]1(CO)[C@H]2Cc3sc(-c4cccnc4)nc3[C@@H](CC(=O)NCc3ccccc3)[C@]2(C)CC[C@H]1O. The topological polar surface area (TPSA) is 95.3 Å². The molecule has 0 spiro atoms. The third-order valence-corrected chi connectivity index (χ3v) is 9.67. The lowest BCUT2D eigenvalue weighted by Gasteiger charge is -2.58. The number of pyridine rings is 1. The highest BCUT2D eigenvalue weighted by molar-refractivity contribution is 7.15. The van der Waals surface area contributed by atoms with E-state index < -0.39 is 11.5 Å². The number of aliphatic hydroxyl groups is 2. The monoisotopic (exact) mass is 491 g/mol. The average Bonchev–Trinajstić information content (AvgIpc) is 3.31. The number of aromatic nitrogens is 2. The van der Waals surface area contributed by atoms with Crippen molar-refractivity contribution in [3.63, 3.8) is 0 Å². The zero-order valence-electron chi connectivity index (χ0n) is 20.3. The van der Waals surface area contributed by atoms with Crippen molar-refractivity contribution in [3.05, 3.63) is 71.0 Å². The van der Waals surface area contributed by atoms with E-state index >= 15 is 0 Å². The van der Waals surface area contributed by atoms with Gasteiger partial charge in [0.2, 0.25) is 5.91 Å². The van der Waals surface area contributed by atoms with Crippen LogP contribution >= 0.6 is 11.3 Å². The average molecular weight is 492 g/mol. The van der Waals surface area contributed by atoms with Crippen LogP contribution in [-0.2, 0) is 17.8 Å². The zero-order chi connectivity index (χ0) is 24.6. The van der Waals surface area contributed by atoms with Crippen LogP contribution in [0.25, 0.3) is 10.6 Å². The van der Waals surface area contributed by atoms with Crippen LogP contribution in [0.4, 0.5) is 0 Å². The van der Waals surface area contributed by atoms with E-state index in [-0.39, 0.29) is 29.8 Å². The van der Waals surface area contributed by atoms with Crippen LogP contribution in [0.5, 0.6) is 0 Å². The Balaban J connectivity index is 1.50. The van der Waals surface area contributed by atoms with Gasteiger partial charge in [-0.05, 0) is 48.3 Å². The number of thiazole rings is 1. The smallest absolute Gasteiger partial charge is 0.220 e. The number of fused-ring (bicyclic) bond motifs is 2. The van der Waals surface area contributed by atoms with Gasteiger partial charge in [-0.3, -0.25) is 9.78 Å². The first-order valence-electron chi connectivity index (χ1n) is 12.3. The standard InChI is InChI=1S/C28H33N3O3S/c1-27-11-10-23(33)28(2,17-32)22(27)14-21-25(31-26(35-21)19-9-6-12-29-16-19)20(27)13-24(34)30-15-18-7-4-3-5-8-18/h3-9,12,16,20,22-23,32-33H,10-11,13-15,17H2,1-2H3,(H,30,34)/t20-,22+,23-,27+,28+/m1/s1. The molecule has 6 nitrogen and oxygen atoms in total. The Hall–Kier alpha value is -2.61. The lowest BCUT2D eigenvalue weighted by atomic mass is 9.47. The molecule has 2 aliphatic carbocycles. The van der Waals surface area contributed by atoms with E-state index in [1.807, 2.05) is 55.6 Å². The first kappa shape index (κ1) is 24.1. The van der Waals surface area contributed by atoms with Gasteiger partial charge in [0.15, 0.2) is 0 Å². The Morgan fingerprint density at radius 1 is 1.20 bits per heavy atom. The van der Waals surface area contributed by atoms with E-state index in [1.54, 1.807) is 17.5 Å². The van der Waals surface area contributed by atoms with Crippen LogP contribution in [-0.4, -0.2) is 38.8 Å². The summed E-state index contributed by atoms with van der Waals surface area (Å²) >= 11 is 1.65. The van der Waals surface area contributed by atoms with E-state index in [9.17, 15) is 15.0 Å². The fourth-order valence-corrected chi connectivity index (χ4v) is 7.47. The summed E-state index contributed by atoms with van der Waals surface area (Å²) < 4.78 is 0. The van der Waals surface area contributed by atoms with Crippen molar-refractivity contribution in [2.45, 2.75) is 58.1 Å². The summed E-state index contributed by atoms with van der Waals surface area (Å²) in [5, 5.41) is 25.4. The Morgan fingerprint density at radius 2 is 2.00 bits per heavy atom. The van der Waals surface area contributed by atoms with Crippen LogP contribution in [0.2, 0.25) is 0 Å². The molecule has 2 aliphatic rings. The molecule has 0 aliphatic heterocycles. The number of carbonyl (C=O) groups excluding carboxylic acids is 1. The Kier molecular flexibility index (Phi) is 6.51. The number of nitrogens with zero attached hydrogens (tertiary/aromatic N) is 2. The predicted octanol–water partition coefficient (Wildman–Crippen LogP) is 4.33. The lowest BCUT2D eigenvalue weighted by Crippen LogP contribution is -2.57. The van der Waals surface area contributed by atoms with Gasteiger partial charge in [-0.1, -0.05) is 44.2 Å². The molecule has 1 fully saturated rings. The number of aliphatic hydroxyl groups excluding tert-OH is 2. The molecular formula is C28H33N3O3S. The second-order valence-corrected chi connectivity index (χ2v) is 11.7. The molecule has 0 bridgehead atoms. The Bertz CT molecular complexity index is 1180. The number of rotatable bonds is 6. The van der Waals surface area contributed by atoms with Crippen molar-refractivity contribution in [1.29, 1.82) is 0 Å². The molecule has 1 saturated carbocycles. The van der Waals surface area contributed by atoms with Gasteiger partial charge < -0.3 is 15.5 Å². The predicted molar refractivity (Wildman–Crippen MR) is 137 cm³/mol. The molecular weight excluding hydrogens is 458 g/mol. The number of nitrogens with one attached hydrogen (secondary N) is 1. The third kappa shape index (κ3) is 4.30. The second-order valence-electron chi connectivity index (χ2n) is 10.6. The van der Waals surface area contributed by atoms with Gasteiger partial charge in [0.25, 0.3) is 0 Å². The van der Waals surface area contributed by atoms with E-state index in [1.165, 1.54) is 0 Å². The highest BCUT2D eigenvalue weighted by Crippen LogP contribution is 2.62. The largest absolute Gasteiger partial charge is 0.396 e. The lowest BCUT2D eigenvalue weighted by molar-refractivity contribution is -0.144. The molecule has 2 heterocycles. The molecule has 0 radical (unpaired) electrons. The van der Waals surface area contributed by atoms with Gasteiger partial charge in [-0.25, -0.2) is 4.98 Å². The molecule has 1 aromatic carbocycles. The van der Waals surface area contributed by atoms with Gasteiger partial charge in [-0.15, -0.1) is 11.3 Å². The van der Waals surface area contributed by atoms with Crippen LogP contribution < -0.4 is 5.32 Å². The van der Waals surface area contributed by atoms with Crippen molar-refractivity contribution >= 4 is 17.2 Å². The van der Waals surface area contributed by atoms with Gasteiger partial charge in [0.05, 0.1) is 18.4 Å². The van der Waals surface area contributed by atoms with Crippen LogP contribution in [0.3, 0.4) is 0 Å². The van der Waals surface area contributed by atoms with Crippen molar-refractivity contribution in [2.24, 2.45) is 16.7 Å². The van der Waals surface area contributed by atoms with Crippen LogP contribution in [0.1, 0.15) is 55.2 Å². The molecule has 5 rings (SSSR count). The summed E-state index contributed by atoms with van der Waals surface area (Å²) in [5.41, 5.74) is 2.16. The summed E-state index contributed by atoms with van der Waals surface area (Å²) in [6.45, 7) is 4.65. The van der Waals surface area contributed by atoms with Crippen molar-refractivity contribution in [3.8, 4) is 10.6 Å². The maximum atomic E-state index is 13.2. The summed E-state index contributed by atoms with van der Waals surface area (Å²) in [6, 6.07) is 13.8. The second kappa shape index (κ2) is 9.45. The first-order chi connectivity index (χ1) is 16.8. The minimum atomic E-state index is -0.623. The zero-order valence-corrected chi connectivity index (χ0v) is 21.1. The summed E-state index contributed by atoms with van der Waals surface area (Å²) in [5.74, 6) is -0.0446. The van der Waals surface area contributed by atoms with E-state index in [2.05, 4.69) is 17.2 Å². The maximum absolute atomic E-state index is 13.2. The molecule has 5 atom stereocenters. The normalized spacial score (nSPS) is 29.8. The van der Waals surface area contributed by atoms with E-state index in [0.717, 1.165) is 39.5 Å². The van der Waals surface area contributed by atoms with Crippen molar-refractivity contribution in [2.75, 3.05) is 6.61 Å². The van der Waals surface area contributed by atoms with Crippen molar-refractivity contribution < 1.29 is 15.0 Å². The minimum absolute atomic E-state index is 0.000528. The van der Waals surface area contributed by atoms with Gasteiger partial charge in [0.1, 0.15) is 5.01 Å². The fourth-order valence-electron chi connectivity index (χ4n) is 6.31. The number of amides is 1. The minimum Gasteiger partial charge on any atom is -0.396 e. The summed E-state index contributed by atoms with van der Waals surface area (Å²) in [7, 11) is 0. The highest BCUT2D eigenvalue weighted by atomic mass is 32.1. The van der Waals surface area contributed by atoms with Gasteiger partial charge in [-0.2, -0.15) is 0 Å². The van der Waals surface area contributed by atoms with Crippen molar-refractivity contribution in [1.82, 2.24) is 15.3 Å². The van der Waals surface area contributed by atoms with Gasteiger partial charge >= 0.3 is 0 Å². The number of benzene rings is 1. The molecule has 0 saturated heterocycles. The molecule has 184 valence electrons. The molecule has 35 heavy (non-hydrogen) atoms. The summed E-state index contributed by atoms with van der Waals surface area (Å²) in [4.78, 5) is 23.7. The van der Waals surface area contributed by atoms with E-state index in [4.69, 9.17) is 4.98 Å². The quantitative estimate of drug-likeness (QED) is 0.477. The Labute approximate surface area is 210 Å². The number of hydrogen-bond acceptors (Lipinski definition) is 6. The first-order valence-corrected chi connectivity index (χ1v) is 13.2. The maximum Gasteiger partial charge on any atom is 0.220 e. The molecule has 1 amide bonds. The molecule has 0 unspecified atom stereocenters. The molecule has 3 N–H and O–H groups in total. The number of carbonyl (C=O) groups is 1. The highest BCUT2D eigenvalue weighted by Gasteiger charge is 2.59. The van der Waals surface area contributed by atoms with E-state index in [0.29, 0.717) is 19.4 Å².